The highest BCUT2D eigenvalue weighted by Gasteiger charge is 2.21. The van der Waals surface area contributed by atoms with Crippen molar-refractivity contribution in [2.24, 2.45) is 0 Å². The first-order valence-corrected chi connectivity index (χ1v) is 11.2. The molecule has 0 bridgehead atoms. The topological polar surface area (TPSA) is 35.5 Å². The fourth-order valence-corrected chi connectivity index (χ4v) is 4.34. The minimum Gasteiger partial charge on any atom is -0.493 e. The highest BCUT2D eigenvalue weighted by Crippen LogP contribution is 2.45. The smallest absolute Gasteiger partial charge is 0.343 e. The highest BCUT2D eigenvalue weighted by molar-refractivity contribution is 6.30. The van der Waals surface area contributed by atoms with Crippen LogP contribution in [0.5, 0.6) is 11.5 Å². The van der Waals surface area contributed by atoms with Gasteiger partial charge in [-0.1, -0.05) is 78.3 Å². The van der Waals surface area contributed by atoms with Gasteiger partial charge < -0.3 is 9.47 Å². The van der Waals surface area contributed by atoms with Gasteiger partial charge in [0.25, 0.3) is 0 Å². The Morgan fingerprint density at radius 3 is 1.97 bits per heavy atom. The first kappa shape index (κ1) is 21.0. The van der Waals surface area contributed by atoms with Crippen LogP contribution in [0.3, 0.4) is 0 Å². The second kappa shape index (κ2) is 8.97. The van der Waals surface area contributed by atoms with Crippen molar-refractivity contribution in [3.8, 4) is 22.6 Å². The van der Waals surface area contributed by atoms with E-state index in [1.54, 1.807) is 24.3 Å². The molecule has 0 aliphatic carbocycles. The Hall–Kier alpha value is -3.82. The summed E-state index contributed by atoms with van der Waals surface area (Å²) >= 11 is 6.09. The number of hydrogen-bond donors (Lipinski definition) is 0. The Balaban J connectivity index is 1.78. The number of esters is 1. The summed E-state index contributed by atoms with van der Waals surface area (Å²) in [4.78, 5) is 13.0. The Bertz CT molecular complexity index is 1490. The molecule has 0 amide bonds. The van der Waals surface area contributed by atoms with Gasteiger partial charge in [0.2, 0.25) is 0 Å². The maximum Gasteiger partial charge on any atom is 0.343 e. The van der Waals surface area contributed by atoms with E-state index in [1.807, 2.05) is 67.6 Å². The number of rotatable bonds is 5. The van der Waals surface area contributed by atoms with Crippen molar-refractivity contribution in [1.29, 1.82) is 0 Å². The Labute approximate surface area is 197 Å². The number of hydrogen-bond acceptors (Lipinski definition) is 3. The molecular formula is C29H21ClO3. The van der Waals surface area contributed by atoms with E-state index in [0.717, 1.165) is 38.4 Å². The van der Waals surface area contributed by atoms with Crippen LogP contribution >= 0.6 is 11.6 Å². The van der Waals surface area contributed by atoms with Crippen molar-refractivity contribution in [2.45, 2.75) is 6.92 Å². The van der Waals surface area contributed by atoms with Crippen LogP contribution in [0.2, 0.25) is 5.02 Å². The van der Waals surface area contributed by atoms with Gasteiger partial charge in [0, 0.05) is 16.1 Å². The number of halogens is 1. The first-order chi connectivity index (χ1) is 16.2. The van der Waals surface area contributed by atoms with Crippen molar-refractivity contribution < 1.29 is 14.3 Å². The molecule has 33 heavy (non-hydrogen) atoms. The maximum atomic E-state index is 13.0. The molecular weight excluding hydrogens is 432 g/mol. The van der Waals surface area contributed by atoms with Gasteiger partial charge in [-0.15, -0.1) is 0 Å². The van der Waals surface area contributed by atoms with Gasteiger partial charge in [-0.3, -0.25) is 0 Å². The molecule has 0 saturated heterocycles. The number of benzene rings is 5. The average Bonchev–Trinajstić information content (AvgIpc) is 2.84. The molecule has 0 unspecified atom stereocenters. The fourth-order valence-electron chi connectivity index (χ4n) is 4.15. The van der Waals surface area contributed by atoms with Gasteiger partial charge >= 0.3 is 5.97 Å². The number of carbonyl (C=O) groups is 1. The number of ether oxygens (including phenoxy) is 2. The summed E-state index contributed by atoms with van der Waals surface area (Å²) in [7, 11) is 0. The van der Waals surface area contributed by atoms with Crippen LogP contribution in [0.1, 0.15) is 17.3 Å². The molecule has 162 valence electrons. The minimum absolute atomic E-state index is 0.393. The lowest BCUT2D eigenvalue weighted by atomic mass is 9.92. The highest BCUT2D eigenvalue weighted by atomic mass is 35.5. The summed E-state index contributed by atoms with van der Waals surface area (Å²) in [6, 6.07) is 30.8. The summed E-state index contributed by atoms with van der Waals surface area (Å²) in [5.41, 5.74) is 2.12. The van der Waals surface area contributed by atoms with Gasteiger partial charge in [0.05, 0.1) is 12.2 Å². The zero-order valence-electron chi connectivity index (χ0n) is 18.0. The van der Waals surface area contributed by atoms with Crippen molar-refractivity contribution in [1.82, 2.24) is 0 Å². The van der Waals surface area contributed by atoms with Crippen LogP contribution in [0.4, 0.5) is 0 Å². The van der Waals surface area contributed by atoms with Crippen LogP contribution in [-0.2, 0) is 0 Å². The Morgan fingerprint density at radius 2 is 1.33 bits per heavy atom. The molecule has 0 aromatic heterocycles. The molecule has 0 aliphatic rings. The van der Waals surface area contributed by atoms with Crippen molar-refractivity contribution in [2.75, 3.05) is 6.61 Å². The van der Waals surface area contributed by atoms with Crippen molar-refractivity contribution in [3.63, 3.8) is 0 Å². The molecule has 4 heteroatoms. The summed E-state index contributed by atoms with van der Waals surface area (Å²) in [6.45, 7) is 2.48. The number of carbonyl (C=O) groups excluding carboxylic acids is 1. The molecule has 0 N–H and O–H groups in total. The van der Waals surface area contributed by atoms with E-state index in [9.17, 15) is 4.79 Å². The third kappa shape index (κ3) is 4.04. The summed E-state index contributed by atoms with van der Waals surface area (Å²) in [5, 5.41) is 4.61. The summed E-state index contributed by atoms with van der Waals surface area (Å²) in [5.74, 6) is 0.746. The van der Waals surface area contributed by atoms with E-state index in [4.69, 9.17) is 21.1 Å². The van der Waals surface area contributed by atoms with E-state index in [-0.39, 0.29) is 0 Å². The average molecular weight is 453 g/mol. The second-order valence-corrected chi connectivity index (χ2v) is 8.09. The quantitative estimate of drug-likeness (QED) is 0.200. The third-order valence-electron chi connectivity index (χ3n) is 5.59. The van der Waals surface area contributed by atoms with E-state index < -0.39 is 5.97 Å². The van der Waals surface area contributed by atoms with Gasteiger partial charge in [-0.05, 0) is 58.8 Å². The van der Waals surface area contributed by atoms with Crippen LogP contribution in [-0.4, -0.2) is 12.6 Å². The monoisotopic (exact) mass is 452 g/mol. The maximum absolute atomic E-state index is 13.0. The molecule has 5 aromatic carbocycles. The third-order valence-corrected chi connectivity index (χ3v) is 5.83. The molecule has 0 radical (unpaired) electrons. The zero-order chi connectivity index (χ0) is 22.8. The fraction of sp³-hybridized carbons (Fsp3) is 0.0690. The van der Waals surface area contributed by atoms with Gasteiger partial charge in [-0.2, -0.15) is 0 Å². The van der Waals surface area contributed by atoms with E-state index in [2.05, 4.69) is 12.1 Å². The van der Waals surface area contributed by atoms with E-state index >= 15 is 0 Å². The van der Waals surface area contributed by atoms with E-state index in [0.29, 0.717) is 22.9 Å². The molecule has 3 nitrogen and oxygen atoms in total. The Kier molecular flexibility index (Phi) is 5.72. The van der Waals surface area contributed by atoms with Crippen LogP contribution in [0.15, 0.2) is 97.1 Å². The summed E-state index contributed by atoms with van der Waals surface area (Å²) < 4.78 is 12.0. The van der Waals surface area contributed by atoms with Gasteiger partial charge in [-0.25, -0.2) is 4.79 Å². The normalized spacial score (nSPS) is 11.0. The van der Waals surface area contributed by atoms with Crippen molar-refractivity contribution in [3.05, 3.63) is 108 Å². The molecule has 5 rings (SSSR count). The molecule has 0 saturated carbocycles. The van der Waals surface area contributed by atoms with Gasteiger partial charge in [0.1, 0.15) is 11.5 Å². The first-order valence-electron chi connectivity index (χ1n) is 10.8. The van der Waals surface area contributed by atoms with Gasteiger partial charge in [0.15, 0.2) is 0 Å². The zero-order valence-corrected chi connectivity index (χ0v) is 18.8. The SMILES string of the molecule is CCOc1ccc2ccccc2c1-c1c(OC(=O)c2cccc(Cl)c2)ccc2ccccc12. The van der Waals surface area contributed by atoms with Crippen LogP contribution < -0.4 is 9.47 Å². The largest absolute Gasteiger partial charge is 0.493 e. The van der Waals surface area contributed by atoms with E-state index in [1.165, 1.54) is 0 Å². The molecule has 0 fully saturated rings. The predicted octanol–water partition coefficient (Wildman–Crippen LogP) is 7.93. The predicted molar refractivity (Wildman–Crippen MR) is 134 cm³/mol. The lowest BCUT2D eigenvalue weighted by molar-refractivity contribution is 0.0735. The molecule has 0 heterocycles. The number of fused-ring (bicyclic) bond motifs is 2. The standard InChI is InChI=1S/C29H21ClO3/c1-2-32-25-16-14-19-8-3-5-12-23(19)27(25)28-24-13-6-4-9-20(24)15-17-26(28)33-29(31)21-10-7-11-22(30)18-21/h3-18H,2H2,1H3. The van der Waals surface area contributed by atoms with Crippen LogP contribution in [0, 0.1) is 0 Å². The molecule has 0 spiro atoms. The molecule has 0 aliphatic heterocycles. The van der Waals surface area contributed by atoms with Crippen LogP contribution in [0.25, 0.3) is 32.7 Å². The van der Waals surface area contributed by atoms with Crippen molar-refractivity contribution >= 4 is 39.1 Å². The molecule has 5 aromatic rings. The molecule has 0 atom stereocenters. The lowest BCUT2D eigenvalue weighted by Gasteiger charge is -2.19. The Morgan fingerprint density at radius 1 is 0.727 bits per heavy atom. The lowest BCUT2D eigenvalue weighted by Crippen LogP contribution is -2.09. The summed E-state index contributed by atoms with van der Waals surface area (Å²) in [6.07, 6.45) is 0. The second-order valence-electron chi connectivity index (χ2n) is 7.65. The minimum atomic E-state index is -0.466.